The molecule has 0 aliphatic carbocycles. The van der Waals surface area contributed by atoms with Crippen LogP contribution in [0.3, 0.4) is 0 Å². The normalized spacial score (nSPS) is 14.5. The van der Waals surface area contributed by atoms with Crippen molar-refractivity contribution in [1.82, 2.24) is 0 Å². The molecule has 1 fully saturated rings. The molecule has 2 unspecified atom stereocenters. The van der Waals surface area contributed by atoms with Crippen LogP contribution >= 0.6 is 0 Å². The van der Waals surface area contributed by atoms with Crippen LogP contribution in [0, 0.1) is 0 Å². The fourth-order valence-corrected chi connectivity index (χ4v) is 9.32. The van der Waals surface area contributed by atoms with Gasteiger partial charge in [0.25, 0.3) is 0 Å². The summed E-state index contributed by atoms with van der Waals surface area (Å²) in [6.07, 6.45) is 5.23. The molecule has 0 bridgehead atoms. The minimum atomic E-state index is -2.72. The number of unbranched alkanes of at least 4 members (excludes halogenated alkanes) is 2. The van der Waals surface area contributed by atoms with E-state index in [2.05, 4.69) is 111 Å². The van der Waals surface area contributed by atoms with Crippen LogP contribution < -0.4 is 18.9 Å². The van der Waals surface area contributed by atoms with Crippen LogP contribution in [0.2, 0.25) is 6.04 Å². The number of epoxide rings is 1. The van der Waals surface area contributed by atoms with E-state index in [9.17, 15) is 0 Å². The highest BCUT2D eigenvalue weighted by atomic mass is 28.4. The number of hydrogen-bond donors (Lipinski definition) is 0. The first kappa shape index (κ1) is 42.3. The van der Waals surface area contributed by atoms with Gasteiger partial charge in [0.15, 0.2) is 0 Å². The van der Waals surface area contributed by atoms with Gasteiger partial charge in [-0.3, -0.25) is 0 Å². The summed E-state index contributed by atoms with van der Waals surface area (Å²) >= 11 is 0. The zero-order valence-corrected chi connectivity index (χ0v) is 34.6. The van der Waals surface area contributed by atoms with E-state index in [1.54, 1.807) is 0 Å². The average molecular weight is 771 g/mol. The molecule has 298 valence electrons. The third-order valence-electron chi connectivity index (χ3n) is 9.65. The Kier molecular flexibility index (Phi) is 17.4. The lowest BCUT2D eigenvalue weighted by Crippen LogP contribution is -2.46. The van der Waals surface area contributed by atoms with Crippen LogP contribution in [0.15, 0.2) is 97.1 Å². The van der Waals surface area contributed by atoms with Crippen molar-refractivity contribution in [2.45, 2.75) is 90.7 Å². The molecule has 0 radical (unpaired) electrons. The number of rotatable bonds is 27. The van der Waals surface area contributed by atoms with Gasteiger partial charge in [-0.25, -0.2) is 0 Å². The first-order chi connectivity index (χ1) is 27.0. The summed E-state index contributed by atoms with van der Waals surface area (Å²) < 4.78 is 48.0. The van der Waals surface area contributed by atoms with Crippen molar-refractivity contribution < 1.29 is 37.0 Å². The molecule has 9 heteroatoms. The summed E-state index contributed by atoms with van der Waals surface area (Å²) in [5.74, 6) is 3.40. The smallest absolute Gasteiger partial charge is 0.494 e. The van der Waals surface area contributed by atoms with E-state index in [1.807, 2.05) is 20.8 Å². The van der Waals surface area contributed by atoms with Crippen LogP contribution in [0.25, 0.3) is 0 Å². The molecule has 0 spiro atoms. The molecule has 8 nitrogen and oxygen atoms in total. The predicted octanol–water partition coefficient (Wildman–Crippen LogP) is 10.6. The molecule has 4 aromatic rings. The molecule has 1 heterocycles. The lowest BCUT2D eigenvalue weighted by Gasteiger charge is -2.30. The van der Waals surface area contributed by atoms with Gasteiger partial charge in [0.2, 0.25) is 0 Å². The Morgan fingerprint density at radius 2 is 0.818 bits per heavy atom. The molecule has 0 N–H and O–H groups in total. The van der Waals surface area contributed by atoms with Gasteiger partial charge in [0, 0.05) is 37.7 Å². The highest BCUT2D eigenvalue weighted by Gasteiger charge is 2.39. The maximum Gasteiger partial charge on any atom is 0.501 e. The zero-order valence-electron chi connectivity index (χ0n) is 33.6. The molecule has 5 rings (SSSR count). The van der Waals surface area contributed by atoms with Crippen molar-refractivity contribution in [3.05, 3.63) is 119 Å². The van der Waals surface area contributed by atoms with Gasteiger partial charge in [-0.15, -0.1) is 0 Å². The third-order valence-corrected chi connectivity index (χ3v) is 12.8. The number of ether oxygens (including phenoxy) is 5. The topological polar surface area (TPSA) is 77.1 Å². The molecule has 1 aliphatic rings. The van der Waals surface area contributed by atoms with E-state index in [0.717, 1.165) is 61.7 Å². The maximum atomic E-state index is 6.28. The fraction of sp³-hybridized carbons (Fsp3) is 0.478. The Hall–Kier alpha value is -3.86. The second kappa shape index (κ2) is 22.6. The highest BCUT2D eigenvalue weighted by Crippen LogP contribution is 2.44. The van der Waals surface area contributed by atoms with E-state index in [4.69, 9.17) is 37.0 Å². The lowest BCUT2D eigenvalue weighted by molar-refractivity contribution is 0.0696. The van der Waals surface area contributed by atoms with Gasteiger partial charge in [0.05, 0.1) is 26.4 Å². The molecule has 0 saturated carbocycles. The summed E-state index contributed by atoms with van der Waals surface area (Å²) in [5.41, 5.74) is 4.76. The SMILES string of the molecule is CCCCOc1ccc(C(c2ccc(OCCCC)cc2)C(c2ccc(OCCC[Si](OCC)(OCC)OCC)cc2)c2ccc(OCC3CO3)cc2)cc1. The van der Waals surface area contributed by atoms with E-state index < -0.39 is 8.80 Å². The first-order valence-corrected chi connectivity index (χ1v) is 22.4. The van der Waals surface area contributed by atoms with Gasteiger partial charge >= 0.3 is 8.80 Å². The Morgan fingerprint density at radius 3 is 1.13 bits per heavy atom. The predicted molar refractivity (Wildman–Crippen MR) is 221 cm³/mol. The molecule has 2 atom stereocenters. The highest BCUT2D eigenvalue weighted by molar-refractivity contribution is 6.60. The summed E-state index contributed by atoms with van der Waals surface area (Å²) in [6.45, 7) is 15.3. The standard InChI is InChI=1S/C46H62O8Si/c1-6-11-30-47-40-22-14-36(15-23-40)45(37-16-24-41(25-17-37)48-31-12-7-2)46(39-20-28-43(29-21-39)50-34-44-35-51-44)38-18-26-42(27-19-38)49-32-13-33-55(52-8-3,53-9-4)54-10-5/h14-29,44-46H,6-13,30-35H2,1-5H3. The molecule has 1 saturated heterocycles. The molecule has 0 amide bonds. The second-order valence-electron chi connectivity index (χ2n) is 13.8. The van der Waals surface area contributed by atoms with Crippen LogP contribution in [-0.4, -0.2) is 67.8 Å². The molecule has 0 aromatic heterocycles. The second-order valence-corrected chi connectivity index (χ2v) is 16.6. The molecular weight excluding hydrogens is 709 g/mol. The van der Waals surface area contributed by atoms with Gasteiger partial charge in [-0.05, 0) is 111 Å². The summed E-state index contributed by atoms with van der Waals surface area (Å²) in [6, 6.07) is 35.1. The van der Waals surface area contributed by atoms with Crippen molar-refractivity contribution in [3.63, 3.8) is 0 Å². The largest absolute Gasteiger partial charge is 0.501 e. The fourth-order valence-electron chi connectivity index (χ4n) is 6.74. The van der Waals surface area contributed by atoms with E-state index in [1.165, 1.54) is 22.3 Å². The average Bonchev–Trinajstić information content (AvgIpc) is 4.05. The molecule has 4 aromatic carbocycles. The molecular formula is C46H62O8Si. The van der Waals surface area contributed by atoms with Crippen molar-refractivity contribution >= 4 is 8.80 Å². The summed E-state index contributed by atoms with van der Waals surface area (Å²) in [4.78, 5) is 0. The van der Waals surface area contributed by atoms with Crippen LogP contribution in [0.4, 0.5) is 0 Å². The van der Waals surface area contributed by atoms with Crippen molar-refractivity contribution in [1.29, 1.82) is 0 Å². The summed E-state index contributed by atoms with van der Waals surface area (Å²) in [7, 11) is -2.72. The molecule has 55 heavy (non-hydrogen) atoms. The minimum absolute atomic E-state index is 0.0124. The Bertz CT molecular complexity index is 1550. The van der Waals surface area contributed by atoms with Gasteiger partial charge in [-0.2, -0.15) is 0 Å². The van der Waals surface area contributed by atoms with E-state index in [0.29, 0.717) is 52.3 Å². The Labute approximate surface area is 330 Å². The van der Waals surface area contributed by atoms with Gasteiger partial charge in [0.1, 0.15) is 35.7 Å². The number of benzene rings is 4. The van der Waals surface area contributed by atoms with Gasteiger partial charge in [-0.1, -0.05) is 75.2 Å². The summed E-state index contributed by atoms with van der Waals surface area (Å²) in [5, 5.41) is 0. The van der Waals surface area contributed by atoms with Crippen molar-refractivity contribution in [2.24, 2.45) is 0 Å². The zero-order chi connectivity index (χ0) is 38.7. The first-order valence-electron chi connectivity index (χ1n) is 20.5. The molecule has 1 aliphatic heterocycles. The Balaban J connectivity index is 1.44. The quantitative estimate of drug-likeness (QED) is 0.0337. The van der Waals surface area contributed by atoms with Crippen LogP contribution in [0.5, 0.6) is 23.0 Å². The lowest BCUT2D eigenvalue weighted by atomic mass is 9.73. The third kappa shape index (κ3) is 13.1. The maximum absolute atomic E-state index is 6.28. The van der Waals surface area contributed by atoms with Crippen LogP contribution in [-0.2, 0) is 18.0 Å². The monoisotopic (exact) mass is 770 g/mol. The number of hydrogen-bond acceptors (Lipinski definition) is 8. The minimum Gasteiger partial charge on any atom is -0.494 e. The van der Waals surface area contributed by atoms with E-state index >= 15 is 0 Å². The Morgan fingerprint density at radius 1 is 0.491 bits per heavy atom. The van der Waals surface area contributed by atoms with E-state index in [-0.39, 0.29) is 17.9 Å². The van der Waals surface area contributed by atoms with Crippen molar-refractivity contribution in [3.8, 4) is 23.0 Å². The van der Waals surface area contributed by atoms with Crippen LogP contribution in [0.1, 0.15) is 101 Å². The van der Waals surface area contributed by atoms with Gasteiger partial charge < -0.3 is 37.0 Å². The van der Waals surface area contributed by atoms with Crippen molar-refractivity contribution in [2.75, 3.05) is 52.9 Å².